The maximum absolute atomic E-state index is 12.2. The monoisotopic (exact) mass is 318 g/mol. The van der Waals surface area contributed by atoms with E-state index in [9.17, 15) is 8.42 Å². The highest BCUT2D eigenvalue weighted by Crippen LogP contribution is 2.16. The van der Waals surface area contributed by atoms with Gasteiger partial charge >= 0.3 is 0 Å². The number of hydrogen-bond acceptors (Lipinski definition) is 4. The van der Waals surface area contributed by atoms with Crippen LogP contribution in [0.3, 0.4) is 0 Å². The molecule has 0 aromatic heterocycles. The first-order valence-electron chi connectivity index (χ1n) is 8.28. The van der Waals surface area contributed by atoms with Gasteiger partial charge in [-0.25, -0.2) is 13.1 Å². The van der Waals surface area contributed by atoms with Gasteiger partial charge in [0.2, 0.25) is 10.0 Å². The van der Waals surface area contributed by atoms with Crippen LogP contribution in [-0.4, -0.2) is 57.5 Å². The van der Waals surface area contributed by atoms with Gasteiger partial charge in [0.15, 0.2) is 0 Å². The lowest BCUT2D eigenvalue weighted by Crippen LogP contribution is -2.46. The van der Waals surface area contributed by atoms with Crippen LogP contribution < -0.4 is 4.72 Å². The highest BCUT2D eigenvalue weighted by Gasteiger charge is 2.25. The molecule has 3 atom stereocenters. The number of ether oxygens (including phenoxy) is 1. The Hall–Kier alpha value is -0.170. The second-order valence-electron chi connectivity index (χ2n) is 6.80. The quantitative estimate of drug-likeness (QED) is 0.808. The summed E-state index contributed by atoms with van der Waals surface area (Å²) in [6, 6.07) is -0.0381. The molecule has 0 bridgehead atoms. The minimum Gasteiger partial charge on any atom is -0.377 e. The molecular formula is C15H30N2O3S. The average molecular weight is 318 g/mol. The zero-order valence-electron chi connectivity index (χ0n) is 13.4. The molecule has 6 heteroatoms. The van der Waals surface area contributed by atoms with Crippen molar-refractivity contribution in [1.82, 2.24) is 9.62 Å². The fourth-order valence-electron chi connectivity index (χ4n) is 3.42. The van der Waals surface area contributed by atoms with Crippen molar-refractivity contribution in [3.05, 3.63) is 0 Å². The minimum atomic E-state index is -3.25. The lowest BCUT2D eigenvalue weighted by Gasteiger charge is -2.33. The Labute approximate surface area is 129 Å². The Morgan fingerprint density at radius 2 is 2.10 bits per heavy atom. The van der Waals surface area contributed by atoms with Crippen molar-refractivity contribution in [2.75, 3.05) is 32.0 Å². The van der Waals surface area contributed by atoms with E-state index in [-0.39, 0.29) is 17.9 Å². The van der Waals surface area contributed by atoms with Gasteiger partial charge in [-0.2, -0.15) is 0 Å². The Morgan fingerprint density at radius 3 is 2.76 bits per heavy atom. The number of rotatable bonds is 6. The fraction of sp³-hybridized carbons (Fsp3) is 1.00. The third-order valence-corrected chi connectivity index (χ3v) is 5.91. The number of nitrogens with one attached hydrogen (secondary N) is 1. The van der Waals surface area contributed by atoms with Crippen molar-refractivity contribution < 1.29 is 13.2 Å². The van der Waals surface area contributed by atoms with Gasteiger partial charge < -0.3 is 9.64 Å². The molecule has 2 aliphatic rings. The van der Waals surface area contributed by atoms with Crippen molar-refractivity contribution in [3.8, 4) is 0 Å². The third kappa shape index (κ3) is 6.22. The van der Waals surface area contributed by atoms with E-state index < -0.39 is 10.0 Å². The first-order chi connectivity index (χ1) is 9.94. The molecule has 2 aliphatic heterocycles. The van der Waals surface area contributed by atoms with Crippen molar-refractivity contribution in [3.63, 3.8) is 0 Å². The van der Waals surface area contributed by atoms with E-state index >= 15 is 0 Å². The highest BCUT2D eigenvalue weighted by molar-refractivity contribution is 7.89. The largest absolute Gasteiger partial charge is 0.377 e. The molecule has 0 aromatic rings. The molecule has 2 saturated heterocycles. The van der Waals surface area contributed by atoms with Crippen LogP contribution in [0.25, 0.3) is 0 Å². The molecule has 0 amide bonds. The summed E-state index contributed by atoms with van der Waals surface area (Å²) in [5.74, 6) is 0.825. The van der Waals surface area contributed by atoms with E-state index in [1.165, 1.54) is 12.8 Å². The van der Waals surface area contributed by atoms with Crippen LogP contribution in [-0.2, 0) is 14.8 Å². The van der Waals surface area contributed by atoms with E-state index in [4.69, 9.17) is 4.74 Å². The van der Waals surface area contributed by atoms with Crippen LogP contribution in [0.15, 0.2) is 0 Å². The smallest absolute Gasteiger partial charge is 0.214 e. The fourth-order valence-corrected chi connectivity index (χ4v) is 4.95. The molecular weight excluding hydrogens is 288 g/mol. The Bertz CT molecular complexity index is 407. The normalized spacial score (nSPS) is 30.2. The van der Waals surface area contributed by atoms with Crippen LogP contribution in [0.2, 0.25) is 0 Å². The number of likely N-dealkylation sites (tertiary alicyclic amines) is 1. The molecule has 0 unspecified atom stereocenters. The average Bonchev–Trinajstić information content (AvgIpc) is 2.38. The molecule has 0 saturated carbocycles. The summed E-state index contributed by atoms with van der Waals surface area (Å²) in [7, 11) is -3.25. The summed E-state index contributed by atoms with van der Waals surface area (Å²) in [6.45, 7) is 7.89. The van der Waals surface area contributed by atoms with E-state index in [1.54, 1.807) is 0 Å². The Kier molecular flexibility index (Phi) is 6.47. The van der Waals surface area contributed by atoms with Gasteiger partial charge in [-0.05, 0) is 51.5 Å². The van der Waals surface area contributed by atoms with Crippen molar-refractivity contribution in [1.29, 1.82) is 0 Å². The minimum absolute atomic E-state index is 0.0381. The third-order valence-electron chi connectivity index (χ3n) is 4.33. The molecule has 0 radical (unpaired) electrons. The molecule has 0 aliphatic carbocycles. The van der Waals surface area contributed by atoms with Crippen molar-refractivity contribution in [2.45, 2.75) is 58.1 Å². The van der Waals surface area contributed by atoms with Crippen LogP contribution in [0, 0.1) is 5.92 Å². The molecule has 21 heavy (non-hydrogen) atoms. The van der Waals surface area contributed by atoms with Crippen molar-refractivity contribution in [2.24, 2.45) is 5.92 Å². The summed E-state index contributed by atoms with van der Waals surface area (Å²) in [6.07, 6.45) is 5.36. The standard InChI is InChI=1S/C15H30N2O3S/c1-13-6-5-8-17(10-13)11-14(2)16-21(18,19)12-15-7-3-4-9-20-15/h13-16H,3-12H2,1-2H3/t13-,14-,15-/m1/s1. The number of hydrogen-bond donors (Lipinski definition) is 1. The number of sulfonamides is 1. The van der Waals surface area contributed by atoms with Gasteiger partial charge in [-0.3, -0.25) is 0 Å². The number of piperidine rings is 1. The second kappa shape index (κ2) is 7.90. The molecule has 0 spiro atoms. The van der Waals surface area contributed by atoms with Gasteiger partial charge in [-0.1, -0.05) is 6.92 Å². The lowest BCUT2D eigenvalue weighted by molar-refractivity contribution is 0.0303. The maximum Gasteiger partial charge on any atom is 0.214 e. The molecule has 2 fully saturated rings. The zero-order chi connectivity index (χ0) is 15.3. The van der Waals surface area contributed by atoms with Crippen LogP contribution in [0.4, 0.5) is 0 Å². The first-order valence-corrected chi connectivity index (χ1v) is 9.94. The Morgan fingerprint density at radius 1 is 1.29 bits per heavy atom. The van der Waals surface area contributed by atoms with Crippen LogP contribution >= 0.6 is 0 Å². The van der Waals surface area contributed by atoms with E-state index in [0.29, 0.717) is 6.61 Å². The summed E-state index contributed by atoms with van der Waals surface area (Å²) in [5, 5.41) is 0. The van der Waals surface area contributed by atoms with Crippen LogP contribution in [0.1, 0.15) is 46.0 Å². The SMILES string of the molecule is C[C@@H]1CCCN(C[C@@H](C)NS(=O)(=O)C[C@H]2CCCCO2)C1. The summed E-state index contributed by atoms with van der Waals surface area (Å²) in [5.41, 5.74) is 0. The second-order valence-corrected chi connectivity index (χ2v) is 8.59. The first kappa shape index (κ1) is 17.2. The zero-order valence-corrected chi connectivity index (χ0v) is 14.2. The Balaban J connectivity index is 1.75. The molecule has 2 rings (SSSR count). The van der Waals surface area contributed by atoms with Crippen molar-refractivity contribution >= 4 is 10.0 Å². The summed E-state index contributed by atoms with van der Waals surface area (Å²) < 4.78 is 32.8. The topological polar surface area (TPSA) is 58.6 Å². The maximum atomic E-state index is 12.2. The van der Waals surface area contributed by atoms with E-state index in [0.717, 1.165) is 44.8 Å². The van der Waals surface area contributed by atoms with Gasteiger partial charge in [0.1, 0.15) is 0 Å². The molecule has 1 N–H and O–H groups in total. The predicted octanol–water partition coefficient (Wildman–Crippen LogP) is 1.60. The summed E-state index contributed by atoms with van der Waals surface area (Å²) >= 11 is 0. The molecule has 124 valence electrons. The van der Waals surface area contributed by atoms with E-state index in [2.05, 4.69) is 16.5 Å². The lowest BCUT2D eigenvalue weighted by atomic mass is 10.00. The van der Waals surface area contributed by atoms with Crippen LogP contribution in [0.5, 0.6) is 0 Å². The highest BCUT2D eigenvalue weighted by atomic mass is 32.2. The molecule has 2 heterocycles. The van der Waals surface area contributed by atoms with Gasteiger partial charge in [0, 0.05) is 25.7 Å². The molecule has 5 nitrogen and oxygen atoms in total. The van der Waals surface area contributed by atoms with Gasteiger partial charge in [0.25, 0.3) is 0 Å². The van der Waals surface area contributed by atoms with Gasteiger partial charge in [0.05, 0.1) is 11.9 Å². The predicted molar refractivity (Wildman–Crippen MR) is 84.8 cm³/mol. The van der Waals surface area contributed by atoms with E-state index in [1.807, 2.05) is 6.92 Å². The number of nitrogens with zero attached hydrogens (tertiary/aromatic N) is 1. The summed E-state index contributed by atoms with van der Waals surface area (Å²) in [4.78, 5) is 2.37. The van der Waals surface area contributed by atoms with Gasteiger partial charge in [-0.15, -0.1) is 0 Å². The molecule has 0 aromatic carbocycles.